The number of likely N-dealkylation sites (tertiary alicyclic amines) is 1. The van der Waals surface area contributed by atoms with Crippen LogP contribution in [0.3, 0.4) is 0 Å². The summed E-state index contributed by atoms with van der Waals surface area (Å²) in [6.07, 6.45) is 1.18. The summed E-state index contributed by atoms with van der Waals surface area (Å²) < 4.78 is 15.8. The zero-order valence-corrected chi connectivity index (χ0v) is 13.1. The topological polar surface area (TPSA) is 74.0 Å². The van der Waals surface area contributed by atoms with E-state index in [0.717, 1.165) is 12.8 Å². The molecule has 118 valence electrons. The van der Waals surface area contributed by atoms with Gasteiger partial charge in [0.25, 0.3) is 0 Å². The first-order chi connectivity index (χ1) is 9.26. The van der Waals surface area contributed by atoms with Gasteiger partial charge in [-0.3, -0.25) is 0 Å². The van der Waals surface area contributed by atoms with Gasteiger partial charge in [0, 0.05) is 25.7 Å². The van der Waals surface area contributed by atoms with Crippen molar-refractivity contribution in [3.05, 3.63) is 0 Å². The Balaban J connectivity index is 2.33. The molecule has 0 saturated carbocycles. The van der Waals surface area contributed by atoms with Crippen molar-refractivity contribution < 1.29 is 19.0 Å². The standard InChI is InChI=1S/C14H28N2O4/c1-13(2,3)20-12(17)16-7-5-14(15,6-8-16)11-19-10-9-18-4/h5-11,15H2,1-4H3. The summed E-state index contributed by atoms with van der Waals surface area (Å²) in [5.74, 6) is 0. The highest BCUT2D eigenvalue weighted by Gasteiger charge is 2.34. The van der Waals surface area contributed by atoms with Crippen LogP contribution in [0.4, 0.5) is 4.79 Å². The van der Waals surface area contributed by atoms with E-state index < -0.39 is 5.60 Å². The van der Waals surface area contributed by atoms with Crippen LogP contribution in [0.5, 0.6) is 0 Å². The molecule has 0 atom stereocenters. The molecule has 6 nitrogen and oxygen atoms in total. The van der Waals surface area contributed by atoms with Crippen molar-refractivity contribution in [3.63, 3.8) is 0 Å². The Morgan fingerprint density at radius 2 is 1.85 bits per heavy atom. The predicted octanol–water partition coefficient (Wildman–Crippen LogP) is 1.38. The van der Waals surface area contributed by atoms with Gasteiger partial charge in [-0.25, -0.2) is 4.79 Å². The second kappa shape index (κ2) is 7.24. The van der Waals surface area contributed by atoms with Crippen molar-refractivity contribution in [1.29, 1.82) is 0 Å². The van der Waals surface area contributed by atoms with Crippen molar-refractivity contribution in [2.45, 2.75) is 44.8 Å². The lowest BCUT2D eigenvalue weighted by atomic mass is 9.90. The number of methoxy groups -OCH3 is 1. The van der Waals surface area contributed by atoms with E-state index in [-0.39, 0.29) is 11.6 Å². The minimum atomic E-state index is -0.461. The van der Waals surface area contributed by atoms with E-state index >= 15 is 0 Å². The van der Waals surface area contributed by atoms with Crippen LogP contribution < -0.4 is 5.73 Å². The Morgan fingerprint density at radius 1 is 1.25 bits per heavy atom. The number of carbonyl (C=O) groups is 1. The fourth-order valence-electron chi connectivity index (χ4n) is 2.02. The normalized spacial score (nSPS) is 18.9. The maximum Gasteiger partial charge on any atom is 0.410 e. The smallest absolute Gasteiger partial charge is 0.410 e. The molecule has 0 aliphatic carbocycles. The Kier molecular flexibility index (Phi) is 6.23. The monoisotopic (exact) mass is 288 g/mol. The molecule has 20 heavy (non-hydrogen) atoms. The van der Waals surface area contributed by atoms with E-state index in [4.69, 9.17) is 19.9 Å². The van der Waals surface area contributed by atoms with Gasteiger partial charge < -0.3 is 24.8 Å². The van der Waals surface area contributed by atoms with Crippen molar-refractivity contribution >= 4 is 6.09 Å². The van der Waals surface area contributed by atoms with Crippen molar-refractivity contribution in [2.24, 2.45) is 5.73 Å². The molecular formula is C14H28N2O4. The molecule has 1 heterocycles. The van der Waals surface area contributed by atoms with Gasteiger partial charge in [-0.05, 0) is 33.6 Å². The molecule has 0 bridgehead atoms. The van der Waals surface area contributed by atoms with Crippen LogP contribution in [-0.4, -0.2) is 62.2 Å². The number of nitrogens with zero attached hydrogens (tertiary/aromatic N) is 1. The molecule has 1 saturated heterocycles. The molecule has 1 amide bonds. The molecule has 2 N–H and O–H groups in total. The Bertz CT molecular complexity index is 307. The van der Waals surface area contributed by atoms with E-state index in [9.17, 15) is 4.79 Å². The third-order valence-corrected chi connectivity index (χ3v) is 3.23. The van der Waals surface area contributed by atoms with Gasteiger partial charge in [0.2, 0.25) is 0 Å². The average molecular weight is 288 g/mol. The van der Waals surface area contributed by atoms with E-state index in [2.05, 4.69) is 0 Å². The molecular weight excluding hydrogens is 260 g/mol. The maximum atomic E-state index is 11.9. The summed E-state index contributed by atoms with van der Waals surface area (Å²) in [6, 6.07) is 0. The molecule has 1 aliphatic heterocycles. The van der Waals surface area contributed by atoms with Gasteiger partial charge in [0.15, 0.2) is 0 Å². The van der Waals surface area contributed by atoms with Crippen LogP contribution in [0.25, 0.3) is 0 Å². The molecule has 0 radical (unpaired) electrons. The van der Waals surface area contributed by atoms with Gasteiger partial charge in [0.05, 0.1) is 19.8 Å². The SMILES string of the molecule is COCCOCC1(N)CCN(C(=O)OC(C)(C)C)CC1. The van der Waals surface area contributed by atoms with Crippen LogP contribution in [0.2, 0.25) is 0 Å². The number of hydrogen-bond acceptors (Lipinski definition) is 5. The Hall–Kier alpha value is -0.850. The minimum Gasteiger partial charge on any atom is -0.444 e. The highest BCUT2D eigenvalue weighted by molar-refractivity contribution is 5.68. The first kappa shape index (κ1) is 17.2. The molecule has 6 heteroatoms. The number of ether oxygens (including phenoxy) is 3. The third-order valence-electron chi connectivity index (χ3n) is 3.23. The summed E-state index contributed by atoms with van der Waals surface area (Å²) in [7, 11) is 1.64. The zero-order chi connectivity index (χ0) is 15.2. The second-order valence-corrected chi connectivity index (χ2v) is 6.38. The second-order valence-electron chi connectivity index (χ2n) is 6.38. The van der Waals surface area contributed by atoms with Crippen LogP contribution in [0.15, 0.2) is 0 Å². The molecule has 0 aromatic rings. The summed E-state index contributed by atoms with van der Waals surface area (Å²) in [4.78, 5) is 13.7. The van der Waals surface area contributed by atoms with Crippen LogP contribution >= 0.6 is 0 Å². The largest absolute Gasteiger partial charge is 0.444 e. The number of carbonyl (C=O) groups excluding carboxylic acids is 1. The van der Waals surface area contributed by atoms with Crippen molar-refractivity contribution in [3.8, 4) is 0 Å². The lowest BCUT2D eigenvalue weighted by molar-refractivity contribution is 0.00143. The van der Waals surface area contributed by atoms with E-state index in [1.165, 1.54) is 0 Å². The molecule has 1 aliphatic rings. The molecule has 1 fully saturated rings. The van der Waals surface area contributed by atoms with Crippen LogP contribution in [0, 0.1) is 0 Å². The lowest BCUT2D eigenvalue weighted by Gasteiger charge is -2.39. The third kappa shape index (κ3) is 6.07. The van der Waals surface area contributed by atoms with Crippen LogP contribution in [-0.2, 0) is 14.2 Å². The van der Waals surface area contributed by atoms with Crippen molar-refractivity contribution in [1.82, 2.24) is 4.90 Å². The highest BCUT2D eigenvalue weighted by atomic mass is 16.6. The summed E-state index contributed by atoms with van der Waals surface area (Å²) in [6.45, 7) is 8.44. The first-order valence-corrected chi connectivity index (χ1v) is 7.09. The number of piperidine rings is 1. The summed E-state index contributed by atoms with van der Waals surface area (Å²) in [5.41, 5.74) is 5.47. The fraction of sp³-hybridized carbons (Fsp3) is 0.929. The van der Waals surface area contributed by atoms with Gasteiger partial charge >= 0.3 is 6.09 Å². The predicted molar refractivity (Wildman–Crippen MR) is 76.7 cm³/mol. The van der Waals surface area contributed by atoms with E-state index in [1.807, 2.05) is 20.8 Å². The Labute approximate surface area is 121 Å². The number of amides is 1. The van der Waals surface area contributed by atoms with Crippen LogP contribution in [0.1, 0.15) is 33.6 Å². The zero-order valence-electron chi connectivity index (χ0n) is 13.1. The minimum absolute atomic E-state index is 0.264. The van der Waals surface area contributed by atoms with Crippen molar-refractivity contribution in [2.75, 3.05) is 40.0 Å². The molecule has 0 aromatic heterocycles. The lowest BCUT2D eigenvalue weighted by Crippen LogP contribution is -2.55. The Morgan fingerprint density at radius 3 is 2.35 bits per heavy atom. The van der Waals surface area contributed by atoms with Gasteiger partial charge in [-0.1, -0.05) is 0 Å². The van der Waals surface area contributed by atoms with Gasteiger partial charge in [-0.2, -0.15) is 0 Å². The van der Waals surface area contributed by atoms with E-state index in [1.54, 1.807) is 12.0 Å². The highest BCUT2D eigenvalue weighted by Crippen LogP contribution is 2.22. The first-order valence-electron chi connectivity index (χ1n) is 7.09. The number of nitrogens with two attached hydrogens (primary N) is 1. The number of rotatable bonds is 5. The van der Waals surface area contributed by atoms with Gasteiger partial charge in [-0.15, -0.1) is 0 Å². The van der Waals surface area contributed by atoms with E-state index in [0.29, 0.717) is 32.9 Å². The van der Waals surface area contributed by atoms with Gasteiger partial charge in [0.1, 0.15) is 5.60 Å². The summed E-state index contributed by atoms with van der Waals surface area (Å²) >= 11 is 0. The average Bonchev–Trinajstić information content (AvgIpc) is 2.33. The fourth-order valence-corrected chi connectivity index (χ4v) is 2.02. The molecule has 0 aromatic carbocycles. The quantitative estimate of drug-likeness (QED) is 0.774. The maximum absolute atomic E-state index is 11.9. The summed E-state index contributed by atoms with van der Waals surface area (Å²) in [5, 5.41) is 0. The molecule has 1 rings (SSSR count). The number of hydrogen-bond donors (Lipinski definition) is 1. The molecule has 0 spiro atoms. The molecule has 0 unspecified atom stereocenters.